The van der Waals surface area contributed by atoms with Crippen molar-refractivity contribution in [2.24, 2.45) is 0 Å². The number of rotatable bonds is 6. The van der Waals surface area contributed by atoms with Crippen LogP contribution in [0.2, 0.25) is 0 Å². The minimum Gasteiger partial charge on any atom is -0.289 e. The van der Waals surface area contributed by atoms with Crippen LogP contribution in [0.1, 0.15) is 15.9 Å². The second-order valence-corrected chi connectivity index (χ2v) is 11.3. The highest BCUT2D eigenvalue weighted by Gasteiger charge is 2.28. The van der Waals surface area contributed by atoms with Crippen LogP contribution in [0, 0.1) is 11.6 Å². The van der Waals surface area contributed by atoms with Gasteiger partial charge in [0.2, 0.25) is 0 Å². The molecule has 4 aromatic carbocycles. The van der Waals surface area contributed by atoms with Gasteiger partial charge in [0.25, 0.3) is 20.0 Å². The van der Waals surface area contributed by atoms with E-state index < -0.39 is 37.5 Å². The Hall–Kier alpha value is -4.09. The van der Waals surface area contributed by atoms with Gasteiger partial charge in [0.15, 0.2) is 5.78 Å². The van der Waals surface area contributed by atoms with E-state index in [1.165, 1.54) is 24.3 Å². The first-order valence-corrected chi connectivity index (χ1v) is 13.4. The van der Waals surface area contributed by atoms with E-state index in [9.17, 15) is 30.4 Å². The molecule has 0 heterocycles. The molecule has 0 atom stereocenters. The van der Waals surface area contributed by atoms with Crippen LogP contribution in [0.15, 0.2) is 94.7 Å². The van der Waals surface area contributed by atoms with Crippen molar-refractivity contribution in [3.05, 3.63) is 108 Å². The number of nitrogens with one attached hydrogen (secondary N) is 2. The summed E-state index contributed by atoms with van der Waals surface area (Å²) in [5.74, 6) is -1.56. The van der Waals surface area contributed by atoms with Crippen LogP contribution < -0.4 is 9.44 Å². The third-order valence-electron chi connectivity index (χ3n) is 5.57. The molecule has 0 radical (unpaired) electrons. The fraction of sp³-hybridized carbons (Fsp3) is 0. The maximum atomic E-state index is 13.1. The molecule has 182 valence electrons. The third-order valence-corrected chi connectivity index (χ3v) is 8.37. The molecule has 0 amide bonds. The van der Waals surface area contributed by atoms with Crippen molar-refractivity contribution in [2.45, 2.75) is 9.79 Å². The summed E-state index contributed by atoms with van der Waals surface area (Å²) in [5, 5.41) is 0. The zero-order valence-corrected chi connectivity index (χ0v) is 19.8. The van der Waals surface area contributed by atoms with Gasteiger partial charge in [0.1, 0.15) is 11.6 Å². The normalized spacial score (nSPS) is 12.7. The number of sulfonamides is 2. The van der Waals surface area contributed by atoms with Gasteiger partial charge in [-0.25, -0.2) is 25.6 Å². The van der Waals surface area contributed by atoms with E-state index in [2.05, 4.69) is 9.44 Å². The monoisotopic (exact) mass is 526 g/mol. The van der Waals surface area contributed by atoms with E-state index in [0.717, 1.165) is 48.5 Å². The first-order valence-electron chi connectivity index (χ1n) is 10.4. The number of fused-ring (bicyclic) bond motifs is 3. The van der Waals surface area contributed by atoms with Crippen LogP contribution in [-0.4, -0.2) is 22.6 Å². The average Bonchev–Trinajstić information content (AvgIpc) is 3.10. The smallest absolute Gasteiger partial charge is 0.261 e. The van der Waals surface area contributed by atoms with E-state index >= 15 is 0 Å². The van der Waals surface area contributed by atoms with E-state index in [1.54, 1.807) is 12.1 Å². The maximum Gasteiger partial charge on any atom is 0.261 e. The summed E-state index contributed by atoms with van der Waals surface area (Å²) in [6.07, 6.45) is 0. The van der Waals surface area contributed by atoms with Crippen molar-refractivity contribution in [2.75, 3.05) is 9.44 Å². The van der Waals surface area contributed by atoms with Crippen molar-refractivity contribution >= 4 is 37.2 Å². The highest BCUT2D eigenvalue weighted by molar-refractivity contribution is 7.93. The zero-order valence-electron chi connectivity index (χ0n) is 18.2. The minimum atomic E-state index is -4.02. The van der Waals surface area contributed by atoms with Gasteiger partial charge in [-0.1, -0.05) is 12.1 Å². The second kappa shape index (κ2) is 8.54. The number of benzene rings is 4. The molecule has 0 aromatic heterocycles. The Morgan fingerprint density at radius 2 is 0.861 bits per heavy atom. The predicted molar refractivity (Wildman–Crippen MR) is 130 cm³/mol. The first-order chi connectivity index (χ1) is 17.0. The van der Waals surface area contributed by atoms with Crippen molar-refractivity contribution < 1.29 is 30.4 Å². The molecule has 4 aromatic rings. The Labute approximate surface area is 205 Å². The van der Waals surface area contributed by atoms with E-state index in [-0.39, 0.29) is 32.3 Å². The SMILES string of the molecule is O=C1c2cc(NS(=O)(=O)c3ccc(F)cc3)ccc2-c2ccc(NS(=O)(=O)c3ccc(F)cc3)cc21. The van der Waals surface area contributed by atoms with Gasteiger partial charge in [-0.2, -0.15) is 0 Å². The molecule has 0 aliphatic heterocycles. The van der Waals surface area contributed by atoms with Gasteiger partial charge >= 0.3 is 0 Å². The predicted octanol–water partition coefficient (Wildman–Crippen LogP) is 4.78. The number of carbonyl (C=O) groups is 1. The van der Waals surface area contributed by atoms with E-state index in [0.29, 0.717) is 11.1 Å². The molecule has 0 saturated heterocycles. The van der Waals surface area contributed by atoms with Gasteiger partial charge in [-0.15, -0.1) is 0 Å². The molecule has 1 aliphatic rings. The van der Waals surface area contributed by atoms with Crippen LogP contribution in [-0.2, 0) is 20.0 Å². The van der Waals surface area contributed by atoms with Crippen molar-refractivity contribution in [3.63, 3.8) is 0 Å². The number of carbonyl (C=O) groups excluding carboxylic acids is 1. The summed E-state index contributed by atoms with van der Waals surface area (Å²) in [4.78, 5) is 12.8. The zero-order chi connectivity index (χ0) is 25.7. The number of anilines is 2. The summed E-state index contributed by atoms with van der Waals surface area (Å²) in [7, 11) is -8.03. The Bertz CT molecular complexity index is 1610. The molecular weight excluding hydrogens is 510 g/mol. The molecule has 0 bridgehead atoms. The molecule has 11 heteroatoms. The molecule has 5 rings (SSSR count). The average molecular weight is 527 g/mol. The second-order valence-electron chi connectivity index (χ2n) is 7.97. The summed E-state index contributed by atoms with van der Waals surface area (Å²) in [6.45, 7) is 0. The molecular formula is C25H16F2N2O5S2. The topological polar surface area (TPSA) is 109 Å². The fourth-order valence-electron chi connectivity index (χ4n) is 3.86. The Morgan fingerprint density at radius 3 is 1.22 bits per heavy atom. The van der Waals surface area contributed by atoms with Gasteiger partial charge in [-0.05, 0) is 83.9 Å². The van der Waals surface area contributed by atoms with Crippen LogP contribution in [0.4, 0.5) is 20.2 Å². The van der Waals surface area contributed by atoms with Crippen LogP contribution >= 0.6 is 0 Å². The lowest BCUT2D eigenvalue weighted by molar-refractivity contribution is 0.104. The number of hydrogen-bond donors (Lipinski definition) is 2. The summed E-state index contributed by atoms with van der Waals surface area (Å²) in [5.41, 5.74) is 1.87. The number of halogens is 2. The quantitative estimate of drug-likeness (QED) is 0.331. The molecule has 0 spiro atoms. The largest absolute Gasteiger partial charge is 0.289 e. The van der Waals surface area contributed by atoms with E-state index in [1.807, 2.05) is 0 Å². The Balaban J connectivity index is 1.41. The van der Waals surface area contributed by atoms with Crippen LogP contribution in [0.3, 0.4) is 0 Å². The Kier molecular flexibility index (Phi) is 5.61. The summed E-state index contributed by atoms with van der Waals surface area (Å²) >= 11 is 0. The molecule has 36 heavy (non-hydrogen) atoms. The molecule has 0 unspecified atom stereocenters. The first kappa shape index (κ1) is 23.6. The fourth-order valence-corrected chi connectivity index (χ4v) is 5.96. The summed E-state index contributed by atoms with van der Waals surface area (Å²) < 4.78 is 81.5. The lowest BCUT2D eigenvalue weighted by Crippen LogP contribution is -2.13. The van der Waals surface area contributed by atoms with Gasteiger partial charge in [-0.3, -0.25) is 14.2 Å². The minimum absolute atomic E-state index is 0.136. The molecule has 0 saturated carbocycles. The number of ketones is 1. The third kappa shape index (κ3) is 4.34. The molecule has 1 aliphatic carbocycles. The molecule has 2 N–H and O–H groups in total. The highest BCUT2D eigenvalue weighted by atomic mass is 32.2. The van der Waals surface area contributed by atoms with E-state index in [4.69, 9.17) is 0 Å². The highest BCUT2D eigenvalue weighted by Crippen LogP contribution is 2.39. The van der Waals surface area contributed by atoms with Gasteiger partial charge < -0.3 is 0 Å². The molecule has 7 nitrogen and oxygen atoms in total. The lowest BCUT2D eigenvalue weighted by Gasteiger charge is -2.10. The van der Waals surface area contributed by atoms with Crippen LogP contribution in [0.5, 0.6) is 0 Å². The Morgan fingerprint density at radius 1 is 0.500 bits per heavy atom. The van der Waals surface area contributed by atoms with Crippen LogP contribution in [0.25, 0.3) is 11.1 Å². The number of hydrogen-bond acceptors (Lipinski definition) is 5. The van der Waals surface area contributed by atoms with Crippen molar-refractivity contribution in [1.29, 1.82) is 0 Å². The maximum absolute atomic E-state index is 13.1. The van der Waals surface area contributed by atoms with Gasteiger partial charge in [0.05, 0.1) is 9.79 Å². The van der Waals surface area contributed by atoms with Crippen molar-refractivity contribution in [3.8, 4) is 11.1 Å². The van der Waals surface area contributed by atoms with Gasteiger partial charge in [0, 0.05) is 22.5 Å². The standard InChI is InChI=1S/C25H16F2N2O5S2/c26-15-1-7-19(8-2-15)35(31,32)28-17-5-11-21-22-12-6-18(14-24(22)25(30)23(21)13-17)29-36(33,34)20-9-3-16(27)4-10-20/h1-14,28-29H. The van der Waals surface area contributed by atoms with Crippen molar-refractivity contribution in [1.82, 2.24) is 0 Å². The summed E-state index contributed by atoms with van der Waals surface area (Å²) in [6, 6.07) is 17.6. The molecule has 0 fully saturated rings. The lowest BCUT2D eigenvalue weighted by atomic mass is 10.1.